The fourth-order valence-electron chi connectivity index (χ4n) is 3.10. The maximum atomic E-state index is 9.37. The van der Waals surface area contributed by atoms with Crippen molar-refractivity contribution in [2.24, 2.45) is 5.92 Å². The lowest BCUT2D eigenvalue weighted by molar-refractivity contribution is -0.00552. The molecule has 1 N–H and O–H groups in total. The van der Waals surface area contributed by atoms with Gasteiger partial charge in [0.05, 0.1) is 12.2 Å². The van der Waals surface area contributed by atoms with E-state index < -0.39 is 0 Å². The molecule has 0 radical (unpaired) electrons. The second-order valence-corrected chi connectivity index (χ2v) is 6.81. The van der Waals surface area contributed by atoms with Crippen molar-refractivity contribution >= 4 is 0 Å². The topological polar surface area (TPSA) is 48.3 Å². The van der Waals surface area contributed by atoms with Crippen LogP contribution in [0, 0.1) is 17.2 Å². The van der Waals surface area contributed by atoms with E-state index in [1.165, 1.54) is 25.8 Å². The second-order valence-electron chi connectivity index (χ2n) is 6.81. The van der Waals surface area contributed by atoms with Crippen LogP contribution in [0.5, 0.6) is 0 Å². The zero-order chi connectivity index (χ0) is 14.6. The van der Waals surface area contributed by atoms with E-state index in [1.54, 1.807) is 0 Å². The van der Waals surface area contributed by atoms with Crippen molar-refractivity contribution in [3.8, 4) is 6.07 Å². The molecule has 0 amide bonds. The van der Waals surface area contributed by atoms with E-state index in [-0.39, 0.29) is 5.54 Å². The van der Waals surface area contributed by atoms with Crippen molar-refractivity contribution in [1.82, 2.24) is 10.2 Å². The molecule has 1 aliphatic carbocycles. The molecule has 2 fully saturated rings. The molecule has 4 heteroatoms. The molecule has 0 spiro atoms. The number of rotatable bonds is 7. The summed E-state index contributed by atoms with van der Waals surface area (Å²) in [5, 5.41) is 12.8. The minimum absolute atomic E-state index is 0.342. The van der Waals surface area contributed by atoms with Crippen LogP contribution in [0.25, 0.3) is 0 Å². The summed E-state index contributed by atoms with van der Waals surface area (Å²) in [4.78, 5) is 2.49. The SMILES string of the molecule is COC1CN(CCCC(C)(C#N)NC2CC2)CCC1C. The van der Waals surface area contributed by atoms with Crippen LogP contribution in [0.1, 0.15) is 46.0 Å². The fourth-order valence-corrected chi connectivity index (χ4v) is 3.10. The van der Waals surface area contributed by atoms with E-state index >= 15 is 0 Å². The first-order chi connectivity index (χ1) is 9.56. The van der Waals surface area contributed by atoms with Gasteiger partial charge in [-0.25, -0.2) is 0 Å². The summed E-state index contributed by atoms with van der Waals surface area (Å²) in [5.41, 5.74) is -0.342. The molecule has 20 heavy (non-hydrogen) atoms. The van der Waals surface area contributed by atoms with Gasteiger partial charge >= 0.3 is 0 Å². The standard InChI is InChI=1S/C16H29N3O/c1-13-7-10-19(11-15(13)20-3)9-4-8-16(2,12-17)18-14-5-6-14/h13-15,18H,4-11H2,1-3H3. The molecule has 1 heterocycles. The molecule has 0 aromatic heterocycles. The third-order valence-corrected chi connectivity index (χ3v) is 4.77. The number of hydrogen-bond acceptors (Lipinski definition) is 4. The Morgan fingerprint density at radius 2 is 2.15 bits per heavy atom. The van der Waals surface area contributed by atoms with Crippen LogP contribution in [0.2, 0.25) is 0 Å². The van der Waals surface area contributed by atoms with Crippen LogP contribution in [0.4, 0.5) is 0 Å². The normalized spacial score (nSPS) is 30.7. The van der Waals surface area contributed by atoms with Crippen molar-refractivity contribution in [2.45, 2.75) is 63.6 Å². The van der Waals surface area contributed by atoms with Crippen LogP contribution in [-0.2, 0) is 4.74 Å². The van der Waals surface area contributed by atoms with Crippen molar-refractivity contribution in [1.29, 1.82) is 5.26 Å². The molecule has 4 nitrogen and oxygen atoms in total. The number of nitrogens with one attached hydrogen (secondary N) is 1. The molecule has 2 aliphatic rings. The Morgan fingerprint density at radius 3 is 2.75 bits per heavy atom. The molecule has 0 aromatic carbocycles. The lowest BCUT2D eigenvalue weighted by Crippen LogP contribution is -2.45. The van der Waals surface area contributed by atoms with Gasteiger partial charge in [0.25, 0.3) is 0 Å². The van der Waals surface area contributed by atoms with Crippen LogP contribution in [0.3, 0.4) is 0 Å². The third kappa shape index (κ3) is 4.44. The largest absolute Gasteiger partial charge is 0.380 e. The van der Waals surface area contributed by atoms with Gasteiger partial charge in [-0.15, -0.1) is 0 Å². The molecule has 3 atom stereocenters. The lowest BCUT2D eigenvalue weighted by atomic mass is 9.94. The number of methoxy groups -OCH3 is 1. The smallest absolute Gasteiger partial charge is 0.104 e. The van der Waals surface area contributed by atoms with Gasteiger partial charge in [0.15, 0.2) is 0 Å². The number of hydrogen-bond donors (Lipinski definition) is 1. The van der Waals surface area contributed by atoms with Gasteiger partial charge in [0, 0.05) is 19.7 Å². The van der Waals surface area contributed by atoms with Crippen molar-refractivity contribution in [3.05, 3.63) is 0 Å². The summed E-state index contributed by atoms with van der Waals surface area (Å²) in [6, 6.07) is 3.05. The highest BCUT2D eigenvalue weighted by Crippen LogP contribution is 2.25. The number of ether oxygens (including phenoxy) is 1. The minimum Gasteiger partial charge on any atom is -0.380 e. The molecule has 1 aliphatic heterocycles. The lowest BCUT2D eigenvalue weighted by Gasteiger charge is -2.36. The van der Waals surface area contributed by atoms with Crippen LogP contribution in [0.15, 0.2) is 0 Å². The van der Waals surface area contributed by atoms with Crippen LogP contribution >= 0.6 is 0 Å². The van der Waals surface area contributed by atoms with Crippen molar-refractivity contribution in [3.63, 3.8) is 0 Å². The van der Waals surface area contributed by atoms with Gasteiger partial charge in [-0.2, -0.15) is 5.26 Å². The third-order valence-electron chi connectivity index (χ3n) is 4.77. The zero-order valence-electron chi connectivity index (χ0n) is 13.2. The van der Waals surface area contributed by atoms with E-state index in [0.717, 1.165) is 25.9 Å². The number of nitriles is 1. The van der Waals surface area contributed by atoms with Gasteiger partial charge in [0.2, 0.25) is 0 Å². The molecule has 0 aromatic rings. The van der Waals surface area contributed by atoms with E-state index in [9.17, 15) is 5.26 Å². The maximum absolute atomic E-state index is 9.37. The van der Waals surface area contributed by atoms with Gasteiger partial charge in [0.1, 0.15) is 5.54 Å². The van der Waals surface area contributed by atoms with Gasteiger partial charge in [-0.3, -0.25) is 5.32 Å². The summed E-state index contributed by atoms with van der Waals surface area (Å²) in [6.07, 6.45) is 6.07. The highest BCUT2D eigenvalue weighted by Gasteiger charge is 2.32. The first-order valence-electron chi connectivity index (χ1n) is 8.00. The summed E-state index contributed by atoms with van der Waals surface area (Å²) in [6.45, 7) is 7.60. The highest BCUT2D eigenvalue weighted by molar-refractivity contribution is 5.07. The first-order valence-corrected chi connectivity index (χ1v) is 8.00. The molecule has 1 saturated heterocycles. The molecule has 114 valence electrons. The summed E-state index contributed by atoms with van der Waals surface area (Å²) in [7, 11) is 1.82. The van der Waals surface area contributed by atoms with Crippen LogP contribution in [-0.4, -0.2) is 49.3 Å². The summed E-state index contributed by atoms with van der Waals surface area (Å²) >= 11 is 0. The molecule has 1 saturated carbocycles. The average Bonchev–Trinajstić information content (AvgIpc) is 3.24. The Morgan fingerprint density at radius 1 is 1.40 bits per heavy atom. The highest BCUT2D eigenvalue weighted by atomic mass is 16.5. The number of nitrogens with zero attached hydrogens (tertiary/aromatic N) is 2. The predicted octanol–water partition coefficient (Wildman–Crippen LogP) is 2.16. The fraction of sp³-hybridized carbons (Fsp3) is 0.938. The van der Waals surface area contributed by atoms with Gasteiger partial charge in [-0.1, -0.05) is 6.92 Å². The first kappa shape index (κ1) is 15.8. The summed E-state index contributed by atoms with van der Waals surface area (Å²) < 4.78 is 5.56. The zero-order valence-corrected chi connectivity index (χ0v) is 13.2. The number of piperidine rings is 1. The van der Waals surface area contributed by atoms with E-state index in [1.807, 2.05) is 14.0 Å². The summed E-state index contributed by atoms with van der Waals surface area (Å²) in [5.74, 6) is 0.664. The Balaban J connectivity index is 1.70. The maximum Gasteiger partial charge on any atom is 0.104 e. The Kier molecular flexibility index (Phi) is 5.42. The van der Waals surface area contributed by atoms with Crippen molar-refractivity contribution in [2.75, 3.05) is 26.7 Å². The predicted molar refractivity (Wildman–Crippen MR) is 80.4 cm³/mol. The Labute approximate surface area is 123 Å². The van der Waals surface area contributed by atoms with E-state index in [0.29, 0.717) is 18.1 Å². The molecular formula is C16H29N3O. The Hall–Kier alpha value is -0.630. The minimum atomic E-state index is -0.342. The van der Waals surface area contributed by atoms with Gasteiger partial charge < -0.3 is 9.64 Å². The molecule has 0 bridgehead atoms. The molecular weight excluding hydrogens is 250 g/mol. The quantitative estimate of drug-likeness (QED) is 0.776. The Bertz CT molecular complexity index is 350. The van der Waals surface area contributed by atoms with Crippen LogP contribution < -0.4 is 5.32 Å². The monoisotopic (exact) mass is 279 g/mol. The molecule has 2 rings (SSSR count). The van der Waals surface area contributed by atoms with E-state index in [4.69, 9.17) is 4.74 Å². The molecule has 3 unspecified atom stereocenters. The number of likely N-dealkylation sites (tertiary alicyclic amines) is 1. The average molecular weight is 279 g/mol. The van der Waals surface area contributed by atoms with E-state index in [2.05, 4.69) is 23.2 Å². The van der Waals surface area contributed by atoms with Gasteiger partial charge in [-0.05, 0) is 58.0 Å². The van der Waals surface area contributed by atoms with Crippen molar-refractivity contribution < 1.29 is 4.74 Å². The second kappa shape index (κ2) is 6.89.